The van der Waals surface area contributed by atoms with E-state index in [1.165, 1.54) is 18.4 Å². The summed E-state index contributed by atoms with van der Waals surface area (Å²) in [6.45, 7) is 8.43. The van der Waals surface area contributed by atoms with Crippen LogP contribution in [0.3, 0.4) is 0 Å². The highest BCUT2D eigenvalue weighted by Crippen LogP contribution is 2.18. The van der Waals surface area contributed by atoms with Gasteiger partial charge in [0.2, 0.25) is 0 Å². The smallest absolute Gasteiger partial charge is 0.193 e. The molecule has 2 aliphatic heterocycles. The molecular weight excluding hydrogens is 366 g/mol. The molecule has 0 amide bonds. The maximum absolute atomic E-state index is 6.13. The van der Waals surface area contributed by atoms with Gasteiger partial charge < -0.3 is 24.4 Å². The molecule has 6 heteroatoms. The minimum absolute atomic E-state index is 0.0609. The Morgan fingerprint density at radius 3 is 2.62 bits per heavy atom. The van der Waals surface area contributed by atoms with Gasteiger partial charge in [-0.1, -0.05) is 17.7 Å². The van der Waals surface area contributed by atoms with Crippen molar-refractivity contribution >= 4 is 5.96 Å². The van der Waals surface area contributed by atoms with E-state index in [4.69, 9.17) is 14.2 Å². The Kier molecular flexibility index (Phi) is 8.62. The first-order chi connectivity index (χ1) is 14.1. The predicted octanol–water partition coefficient (Wildman–Crippen LogP) is 3.39. The van der Waals surface area contributed by atoms with Crippen LogP contribution >= 0.6 is 0 Å². The van der Waals surface area contributed by atoms with Gasteiger partial charge in [0.1, 0.15) is 11.9 Å². The van der Waals surface area contributed by atoms with E-state index in [2.05, 4.69) is 41.2 Å². The first-order valence-corrected chi connectivity index (χ1v) is 11.1. The van der Waals surface area contributed by atoms with Crippen molar-refractivity contribution in [3.63, 3.8) is 0 Å². The molecule has 1 aromatic carbocycles. The van der Waals surface area contributed by atoms with Crippen molar-refractivity contribution in [1.82, 2.24) is 10.2 Å². The lowest BCUT2D eigenvalue weighted by Gasteiger charge is -2.35. The molecule has 162 valence electrons. The van der Waals surface area contributed by atoms with E-state index in [1.807, 2.05) is 19.2 Å². The molecule has 2 heterocycles. The van der Waals surface area contributed by atoms with Crippen LogP contribution in [-0.4, -0.2) is 69.1 Å². The number of aliphatic imine (C=N–C) groups is 1. The van der Waals surface area contributed by atoms with Crippen molar-refractivity contribution in [3.05, 3.63) is 29.8 Å². The maximum Gasteiger partial charge on any atom is 0.193 e. The molecule has 0 bridgehead atoms. The Morgan fingerprint density at radius 1 is 1.21 bits per heavy atom. The second-order valence-corrected chi connectivity index (χ2v) is 8.18. The largest absolute Gasteiger partial charge is 0.489 e. The van der Waals surface area contributed by atoms with Crippen LogP contribution in [0.5, 0.6) is 5.75 Å². The Hall–Kier alpha value is -1.79. The van der Waals surface area contributed by atoms with Crippen molar-refractivity contribution in [2.75, 3.05) is 39.9 Å². The van der Waals surface area contributed by atoms with Crippen molar-refractivity contribution in [3.8, 4) is 5.75 Å². The van der Waals surface area contributed by atoms with E-state index in [1.54, 1.807) is 0 Å². The topological polar surface area (TPSA) is 55.3 Å². The van der Waals surface area contributed by atoms with Gasteiger partial charge in [0.05, 0.1) is 25.4 Å². The highest BCUT2D eigenvalue weighted by Gasteiger charge is 2.24. The number of hydrogen-bond acceptors (Lipinski definition) is 4. The molecule has 1 aromatic rings. The Bertz CT molecular complexity index is 621. The lowest BCUT2D eigenvalue weighted by molar-refractivity contribution is -0.0721. The molecular formula is C23H37N3O3. The van der Waals surface area contributed by atoms with E-state index in [0.717, 1.165) is 63.8 Å². The highest BCUT2D eigenvalue weighted by atomic mass is 16.5. The third-order valence-electron chi connectivity index (χ3n) is 5.65. The van der Waals surface area contributed by atoms with Gasteiger partial charge in [-0.15, -0.1) is 0 Å². The monoisotopic (exact) mass is 403 g/mol. The summed E-state index contributed by atoms with van der Waals surface area (Å²) >= 11 is 0. The maximum atomic E-state index is 6.13. The van der Waals surface area contributed by atoms with Gasteiger partial charge in [0.15, 0.2) is 5.96 Å². The number of guanidine groups is 1. The second kappa shape index (κ2) is 11.4. The Labute approximate surface area is 175 Å². The van der Waals surface area contributed by atoms with E-state index in [9.17, 15) is 0 Å². The third kappa shape index (κ3) is 7.19. The molecule has 0 aromatic heterocycles. The molecule has 2 unspecified atom stereocenters. The van der Waals surface area contributed by atoms with Crippen LogP contribution in [-0.2, 0) is 9.47 Å². The number of nitrogens with one attached hydrogen (secondary N) is 1. The zero-order valence-corrected chi connectivity index (χ0v) is 18.2. The number of piperidine rings is 1. The Balaban J connectivity index is 1.35. The molecule has 2 saturated heterocycles. The molecule has 0 aliphatic carbocycles. The number of likely N-dealkylation sites (tertiary alicyclic amines) is 1. The zero-order chi connectivity index (χ0) is 20.5. The van der Waals surface area contributed by atoms with Gasteiger partial charge in [0, 0.05) is 26.7 Å². The van der Waals surface area contributed by atoms with Crippen molar-refractivity contribution in [2.45, 2.75) is 64.3 Å². The fourth-order valence-electron chi connectivity index (χ4n) is 3.87. The van der Waals surface area contributed by atoms with Gasteiger partial charge in [-0.3, -0.25) is 4.99 Å². The third-order valence-corrected chi connectivity index (χ3v) is 5.65. The lowest BCUT2D eigenvalue weighted by Crippen LogP contribution is -2.49. The molecule has 2 fully saturated rings. The summed E-state index contributed by atoms with van der Waals surface area (Å²) in [6.07, 6.45) is 6.34. The van der Waals surface area contributed by atoms with Crippen molar-refractivity contribution in [2.24, 2.45) is 4.99 Å². The standard InChI is InChI=1S/C23H37N3O3/c1-18-7-9-21(10-8-18)29-19(2)16-25-23(24-3)26-13-11-20(12-14-26)28-17-22-6-4-5-15-27-22/h7-10,19-20,22H,4-6,11-17H2,1-3H3,(H,24,25). The minimum Gasteiger partial charge on any atom is -0.489 e. The van der Waals surface area contributed by atoms with Crippen LogP contribution in [0.15, 0.2) is 29.3 Å². The van der Waals surface area contributed by atoms with Crippen molar-refractivity contribution in [1.29, 1.82) is 0 Å². The number of hydrogen-bond donors (Lipinski definition) is 1. The van der Waals surface area contributed by atoms with E-state index < -0.39 is 0 Å². The molecule has 6 nitrogen and oxygen atoms in total. The van der Waals surface area contributed by atoms with E-state index >= 15 is 0 Å². The average molecular weight is 404 g/mol. The molecule has 29 heavy (non-hydrogen) atoms. The highest BCUT2D eigenvalue weighted by molar-refractivity contribution is 5.80. The summed E-state index contributed by atoms with van der Waals surface area (Å²) in [5, 5.41) is 3.46. The van der Waals surface area contributed by atoms with Gasteiger partial charge in [-0.05, 0) is 58.1 Å². The van der Waals surface area contributed by atoms with Crippen LogP contribution in [0, 0.1) is 6.92 Å². The molecule has 1 N–H and O–H groups in total. The summed E-state index contributed by atoms with van der Waals surface area (Å²) in [5.41, 5.74) is 1.24. The van der Waals surface area contributed by atoms with E-state index in [-0.39, 0.29) is 6.10 Å². The quantitative estimate of drug-likeness (QED) is 0.559. The number of ether oxygens (including phenoxy) is 3. The summed E-state index contributed by atoms with van der Waals surface area (Å²) in [4.78, 5) is 6.78. The number of nitrogens with zero attached hydrogens (tertiary/aromatic N) is 2. The second-order valence-electron chi connectivity index (χ2n) is 8.18. The zero-order valence-electron chi connectivity index (χ0n) is 18.2. The molecule has 0 radical (unpaired) electrons. The van der Waals surface area contributed by atoms with Crippen LogP contribution in [0.2, 0.25) is 0 Å². The number of benzene rings is 1. The SMILES string of the molecule is CN=C(NCC(C)Oc1ccc(C)cc1)N1CCC(OCC2CCCCO2)CC1. The van der Waals surface area contributed by atoms with Crippen LogP contribution in [0.4, 0.5) is 0 Å². The summed E-state index contributed by atoms with van der Waals surface area (Å²) in [6, 6.07) is 8.18. The fraction of sp³-hybridized carbons (Fsp3) is 0.696. The van der Waals surface area contributed by atoms with Crippen LogP contribution in [0.1, 0.15) is 44.6 Å². The minimum atomic E-state index is 0.0609. The summed E-state index contributed by atoms with van der Waals surface area (Å²) in [7, 11) is 1.84. The van der Waals surface area contributed by atoms with Gasteiger partial charge >= 0.3 is 0 Å². The summed E-state index contributed by atoms with van der Waals surface area (Å²) in [5.74, 6) is 1.85. The number of rotatable bonds is 7. The first-order valence-electron chi connectivity index (χ1n) is 11.1. The van der Waals surface area contributed by atoms with E-state index in [0.29, 0.717) is 12.2 Å². The average Bonchev–Trinajstić information content (AvgIpc) is 2.76. The van der Waals surface area contributed by atoms with Crippen molar-refractivity contribution < 1.29 is 14.2 Å². The molecule has 2 aliphatic rings. The summed E-state index contributed by atoms with van der Waals surface area (Å²) < 4.78 is 17.9. The van der Waals surface area contributed by atoms with Crippen LogP contribution in [0.25, 0.3) is 0 Å². The van der Waals surface area contributed by atoms with Gasteiger partial charge in [-0.25, -0.2) is 0 Å². The van der Waals surface area contributed by atoms with Gasteiger partial charge in [-0.2, -0.15) is 0 Å². The molecule has 0 saturated carbocycles. The van der Waals surface area contributed by atoms with Crippen LogP contribution < -0.4 is 10.1 Å². The number of aryl methyl sites for hydroxylation is 1. The Morgan fingerprint density at radius 2 is 1.97 bits per heavy atom. The molecule has 2 atom stereocenters. The first kappa shape index (κ1) is 21.9. The normalized spacial score (nSPS) is 22.4. The molecule has 0 spiro atoms. The van der Waals surface area contributed by atoms with Gasteiger partial charge in [0.25, 0.3) is 0 Å². The fourth-order valence-corrected chi connectivity index (χ4v) is 3.87. The lowest BCUT2D eigenvalue weighted by atomic mass is 10.1. The molecule has 3 rings (SSSR count). The predicted molar refractivity (Wildman–Crippen MR) is 117 cm³/mol.